The molecule has 1 heterocycles. The summed E-state index contributed by atoms with van der Waals surface area (Å²) in [5, 5.41) is 11.9. The summed E-state index contributed by atoms with van der Waals surface area (Å²) in [7, 11) is 0. The Hall–Kier alpha value is -2.65. The summed E-state index contributed by atoms with van der Waals surface area (Å²) >= 11 is 0. The first-order chi connectivity index (χ1) is 8.88. The van der Waals surface area contributed by atoms with Crippen LogP contribution in [0.5, 0.6) is 0 Å². The number of anilines is 1. The van der Waals surface area contributed by atoms with E-state index in [1.807, 2.05) is 24.3 Å². The van der Waals surface area contributed by atoms with Gasteiger partial charge < -0.3 is 9.73 Å². The minimum Gasteiger partial charge on any atom is -0.456 e. The number of hydrogen-bond donors (Lipinski definition) is 1. The molecule has 0 radical (unpaired) electrons. The highest BCUT2D eigenvalue weighted by Gasteiger charge is 1.92. The number of nitrogens with one attached hydrogen (secondary N) is 1. The van der Waals surface area contributed by atoms with E-state index in [4.69, 9.17) is 9.68 Å². The molecule has 2 aromatic rings. The maximum atomic E-state index is 8.67. The highest BCUT2D eigenvalue weighted by Crippen LogP contribution is 2.08. The van der Waals surface area contributed by atoms with E-state index in [0.29, 0.717) is 11.3 Å². The van der Waals surface area contributed by atoms with Gasteiger partial charge in [0, 0.05) is 18.7 Å². The van der Waals surface area contributed by atoms with Gasteiger partial charge in [0.2, 0.25) is 0 Å². The molecular weight excluding hydrogens is 224 g/mol. The molecule has 88 valence electrons. The van der Waals surface area contributed by atoms with Crippen molar-refractivity contribution in [3.05, 3.63) is 54.0 Å². The molecule has 1 N–H and O–H groups in total. The molecule has 0 unspecified atom stereocenters. The Morgan fingerprint density at radius 3 is 2.67 bits per heavy atom. The number of benzene rings is 1. The molecule has 1 aromatic heterocycles. The molecule has 1 aromatic carbocycles. The van der Waals surface area contributed by atoms with Crippen LogP contribution < -0.4 is 5.32 Å². The zero-order chi connectivity index (χ0) is 12.6. The average molecular weight is 236 g/mol. The van der Waals surface area contributed by atoms with Crippen molar-refractivity contribution in [2.75, 3.05) is 11.9 Å². The van der Waals surface area contributed by atoms with Crippen molar-refractivity contribution in [2.45, 2.75) is 6.42 Å². The first kappa shape index (κ1) is 11.8. The van der Waals surface area contributed by atoms with Crippen LogP contribution in [-0.2, 0) is 0 Å². The summed E-state index contributed by atoms with van der Waals surface area (Å²) in [6.45, 7) is 0.764. The summed E-state index contributed by atoms with van der Waals surface area (Å²) in [6.07, 6.45) is 2.35. The quantitative estimate of drug-likeness (QED) is 0.658. The van der Waals surface area contributed by atoms with Gasteiger partial charge in [-0.25, -0.2) is 0 Å². The lowest BCUT2D eigenvalue weighted by molar-refractivity contribution is 0.554. The maximum Gasteiger partial charge on any atom is 0.176 e. The van der Waals surface area contributed by atoms with Crippen molar-refractivity contribution in [1.82, 2.24) is 0 Å². The molecule has 0 fully saturated rings. The van der Waals surface area contributed by atoms with Gasteiger partial charge in [0.15, 0.2) is 5.76 Å². The molecule has 3 nitrogen and oxygen atoms in total. The van der Waals surface area contributed by atoms with Gasteiger partial charge >= 0.3 is 0 Å². The Bertz CT molecular complexity index is 580. The molecule has 0 aliphatic heterocycles. The zero-order valence-corrected chi connectivity index (χ0v) is 9.81. The predicted octanol–water partition coefficient (Wildman–Crippen LogP) is 3.00. The normalized spacial score (nSPS) is 9.06. The molecule has 0 saturated carbocycles. The highest BCUT2D eigenvalue weighted by atomic mass is 16.3. The van der Waals surface area contributed by atoms with Crippen LogP contribution in [0.4, 0.5) is 5.69 Å². The van der Waals surface area contributed by atoms with Gasteiger partial charge in [-0.2, -0.15) is 5.26 Å². The van der Waals surface area contributed by atoms with Crippen molar-refractivity contribution < 1.29 is 4.42 Å². The molecule has 0 atom stereocenters. The lowest BCUT2D eigenvalue weighted by atomic mass is 10.2. The van der Waals surface area contributed by atoms with Crippen molar-refractivity contribution in [3.63, 3.8) is 0 Å². The topological polar surface area (TPSA) is 49.0 Å². The SMILES string of the molecule is N#Cc1ccc(NCCC#Cc2ccco2)cc1. The second kappa shape index (κ2) is 6.18. The van der Waals surface area contributed by atoms with Crippen LogP contribution in [-0.4, -0.2) is 6.54 Å². The van der Waals surface area contributed by atoms with E-state index in [0.717, 1.165) is 18.7 Å². The predicted molar refractivity (Wildman–Crippen MR) is 69.8 cm³/mol. The van der Waals surface area contributed by atoms with Crippen LogP contribution in [0, 0.1) is 23.2 Å². The molecule has 0 saturated heterocycles. The van der Waals surface area contributed by atoms with E-state index in [1.165, 1.54) is 0 Å². The van der Waals surface area contributed by atoms with E-state index in [2.05, 4.69) is 23.2 Å². The summed E-state index contributed by atoms with van der Waals surface area (Å²) in [5.41, 5.74) is 1.66. The third-order valence-electron chi connectivity index (χ3n) is 2.33. The smallest absolute Gasteiger partial charge is 0.176 e. The highest BCUT2D eigenvalue weighted by molar-refractivity contribution is 5.47. The summed E-state index contributed by atoms with van der Waals surface area (Å²) in [6, 6.07) is 13.1. The van der Waals surface area contributed by atoms with Crippen molar-refractivity contribution in [2.24, 2.45) is 0 Å². The van der Waals surface area contributed by atoms with Crippen LogP contribution in [0.1, 0.15) is 17.7 Å². The number of nitriles is 1. The number of nitrogens with zero attached hydrogens (tertiary/aromatic N) is 1. The maximum absolute atomic E-state index is 8.67. The van der Waals surface area contributed by atoms with Crippen LogP contribution in [0.2, 0.25) is 0 Å². The number of furan rings is 1. The van der Waals surface area contributed by atoms with Gasteiger partial charge in [-0.15, -0.1) is 0 Å². The fourth-order valence-corrected chi connectivity index (χ4v) is 1.43. The van der Waals surface area contributed by atoms with Gasteiger partial charge in [-0.1, -0.05) is 5.92 Å². The molecule has 0 amide bonds. The van der Waals surface area contributed by atoms with Crippen molar-refractivity contribution >= 4 is 5.69 Å². The minimum absolute atomic E-state index is 0.665. The largest absolute Gasteiger partial charge is 0.456 e. The molecule has 3 heteroatoms. The van der Waals surface area contributed by atoms with E-state index in [1.54, 1.807) is 18.4 Å². The Morgan fingerprint density at radius 1 is 1.17 bits per heavy atom. The van der Waals surface area contributed by atoms with Crippen LogP contribution in [0.15, 0.2) is 47.1 Å². The summed E-state index contributed by atoms with van der Waals surface area (Å²) < 4.78 is 5.10. The fourth-order valence-electron chi connectivity index (χ4n) is 1.43. The van der Waals surface area contributed by atoms with Gasteiger partial charge in [0.1, 0.15) is 0 Å². The van der Waals surface area contributed by atoms with Gasteiger partial charge in [-0.3, -0.25) is 0 Å². The van der Waals surface area contributed by atoms with E-state index in [-0.39, 0.29) is 0 Å². The molecule has 0 aliphatic rings. The molecule has 2 rings (SSSR count). The average Bonchev–Trinajstić information content (AvgIpc) is 2.92. The van der Waals surface area contributed by atoms with Gasteiger partial charge in [-0.05, 0) is 42.3 Å². The second-order valence-corrected chi connectivity index (χ2v) is 3.65. The van der Waals surface area contributed by atoms with Crippen molar-refractivity contribution in [1.29, 1.82) is 5.26 Å². The van der Waals surface area contributed by atoms with E-state index < -0.39 is 0 Å². The van der Waals surface area contributed by atoms with Crippen molar-refractivity contribution in [3.8, 4) is 17.9 Å². The zero-order valence-electron chi connectivity index (χ0n) is 9.81. The Kier molecular flexibility index (Phi) is 4.06. The van der Waals surface area contributed by atoms with E-state index in [9.17, 15) is 0 Å². The summed E-state index contributed by atoms with van der Waals surface area (Å²) in [4.78, 5) is 0. The Morgan fingerprint density at radius 2 is 2.00 bits per heavy atom. The molecule has 0 spiro atoms. The Balaban J connectivity index is 1.77. The molecule has 18 heavy (non-hydrogen) atoms. The molecule has 0 bridgehead atoms. The number of hydrogen-bond acceptors (Lipinski definition) is 3. The Labute approximate surface area is 106 Å². The van der Waals surface area contributed by atoms with E-state index >= 15 is 0 Å². The first-order valence-electron chi connectivity index (χ1n) is 5.65. The monoisotopic (exact) mass is 236 g/mol. The fraction of sp³-hybridized carbons (Fsp3) is 0.133. The number of rotatable bonds is 3. The lowest BCUT2D eigenvalue weighted by Crippen LogP contribution is -1.99. The van der Waals surface area contributed by atoms with Gasteiger partial charge in [0.05, 0.1) is 17.9 Å². The third-order valence-corrected chi connectivity index (χ3v) is 2.33. The standard InChI is InChI=1S/C15H12N2O/c16-12-13-6-8-14(9-7-13)17-10-2-1-4-15-5-3-11-18-15/h3,5-9,11,17H,2,10H2. The van der Waals surface area contributed by atoms with Gasteiger partial charge in [0.25, 0.3) is 0 Å². The van der Waals surface area contributed by atoms with Crippen LogP contribution in [0.3, 0.4) is 0 Å². The molecule has 0 aliphatic carbocycles. The first-order valence-corrected chi connectivity index (χ1v) is 5.65. The lowest BCUT2D eigenvalue weighted by Gasteiger charge is -2.02. The van der Waals surface area contributed by atoms with Crippen LogP contribution in [0.25, 0.3) is 0 Å². The molecular formula is C15H12N2O. The third kappa shape index (κ3) is 3.43. The minimum atomic E-state index is 0.665. The second-order valence-electron chi connectivity index (χ2n) is 3.65. The van der Waals surface area contributed by atoms with Crippen LogP contribution >= 0.6 is 0 Å². The summed E-state index contributed by atoms with van der Waals surface area (Å²) in [5.74, 6) is 6.64.